The van der Waals surface area contributed by atoms with Gasteiger partial charge in [-0.3, -0.25) is 0 Å². The minimum absolute atomic E-state index is 0.149. The third-order valence-electron chi connectivity index (χ3n) is 1.87. The largest absolute Gasteiger partial charge is 0.451 e. The Bertz CT molecular complexity index is 399. The number of hydrogen-bond donors (Lipinski definition) is 0. The van der Waals surface area contributed by atoms with Crippen LogP contribution in [0.15, 0.2) is 11.6 Å². The second-order valence-corrected chi connectivity index (χ2v) is 6.92. The lowest BCUT2D eigenvalue weighted by molar-refractivity contribution is 0.00246. The Balaban J connectivity index is 4.86. The Hall–Kier alpha value is -1.72. The molecule has 0 bridgehead atoms. The van der Waals surface area contributed by atoms with Crippen LogP contribution < -0.4 is 5.43 Å². The zero-order valence-electron chi connectivity index (χ0n) is 14.3. The Labute approximate surface area is 127 Å². The van der Waals surface area contributed by atoms with Gasteiger partial charge in [0.05, 0.1) is 6.54 Å². The van der Waals surface area contributed by atoms with Crippen molar-refractivity contribution < 1.29 is 19.1 Å². The highest BCUT2D eigenvalue weighted by molar-refractivity contribution is 5.74. The summed E-state index contributed by atoms with van der Waals surface area (Å²) in [6, 6.07) is 0. The van der Waals surface area contributed by atoms with Gasteiger partial charge in [-0.1, -0.05) is 17.1 Å². The first-order valence-corrected chi connectivity index (χ1v) is 6.89. The molecule has 0 heterocycles. The molecule has 0 unspecified atom stereocenters. The number of hydrogen-bond acceptors (Lipinski definition) is 4. The van der Waals surface area contributed by atoms with Gasteiger partial charge in [-0.05, 0) is 55.4 Å². The summed E-state index contributed by atoms with van der Waals surface area (Å²) in [5.74, 6) is 0. The van der Waals surface area contributed by atoms with Gasteiger partial charge in [0, 0.05) is 0 Å². The van der Waals surface area contributed by atoms with E-state index in [0.717, 1.165) is 10.6 Å². The van der Waals surface area contributed by atoms with Gasteiger partial charge in [0.1, 0.15) is 11.2 Å². The van der Waals surface area contributed by atoms with Crippen molar-refractivity contribution in [2.45, 2.75) is 66.6 Å². The molecule has 0 saturated heterocycles. The molecule has 0 fully saturated rings. The summed E-state index contributed by atoms with van der Waals surface area (Å²) in [5, 5.41) is 0.965. The Morgan fingerprint density at radius 2 is 1.48 bits per heavy atom. The normalized spacial score (nSPS) is 11.4. The molecule has 0 spiro atoms. The highest BCUT2D eigenvalue weighted by Gasteiger charge is 2.26. The van der Waals surface area contributed by atoms with Gasteiger partial charge in [0.25, 0.3) is 0 Å². The summed E-state index contributed by atoms with van der Waals surface area (Å²) in [6.07, 6.45) is 0.263. The van der Waals surface area contributed by atoms with Crippen LogP contribution in [0.5, 0.6) is 0 Å². The van der Waals surface area contributed by atoms with E-state index in [2.05, 4.69) is 5.43 Å². The van der Waals surface area contributed by atoms with Crippen molar-refractivity contribution in [2.24, 2.45) is 0 Å². The van der Waals surface area contributed by atoms with Crippen molar-refractivity contribution in [2.75, 3.05) is 6.54 Å². The number of allylic oxidation sites excluding steroid dienone is 1. The minimum atomic E-state index is -0.824. The molecule has 0 atom stereocenters. The van der Waals surface area contributed by atoms with Crippen molar-refractivity contribution in [3.05, 3.63) is 11.6 Å². The lowest BCUT2D eigenvalue weighted by atomic mass is 10.2. The lowest BCUT2D eigenvalue weighted by Crippen LogP contribution is -2.45. The van der Waals surface area contributed by atoms with E-state index in [4.69, 9.17) is 9.47 Å². The summed E-state index contributed by atoms with van der Waals surface area (Å²) in [4.78, 5) is 23.8. The topological polar surface area (TPSA) is 69.9 Å². The second kappa shape index (κ2) is 7.33. The lowest BCUT2D eigenvalue weighted by Gasteiger charge is -2.26. The fraction of sp³-hybridized carbons (Fsp3) is 0.733. The van der Waals surface area contributed by atoms with Gasteiger partial charge in [-0.25, -0.2) is 9.59 Å². The third-order valence-corrected chi connectivity index (χ3v) is 1.87. The third kappa shape index (κ3) is 10.7. The molecule has 6 heteroatoms. The van der Waals surface area contributed by atoms with Gasteiger partial charge in [-0.2, -0.15) is 5.01 Å². The van der Waals surface area contributed by atoms with Crippen molar-refractivity contribution in [3.63, 3.8) is 0 Å². The number of rotatable bonds is 2. The zero-order valence-corrected chi connectivity index (χ0v) is 14.3. The predicted octanol–water partition coefficient (Wildman–Crippen LogP) is 3.64. The molecule has 0 aromatic carbocycles. The van der Waals surface area contributed by atoms with Crippen molar-refractivity contribution >= 4 is 12.2 Å². The molecule has 2 amide bonds. The minimum Gasteiger partial charge on any atom is -0.442 e. The van der Waals surface area contributed by atoms with Crippen molar-refractivity contribution in [1.29, 1.82) is 0 Å². The van der Waals surface area contributed by atoms with Gasteiger partial charge >= 0.3 is 12.2 Å². The fourth-order valence-electron chi connectivity index (χ4n) is 1.12. The molecule has 6 nitrogen and oxygen atoms in total. The Kier molecular flexibility index (Phi) is 6.73. The number of carbonyl (C=O) groups is 2. The zero-order chi connectivity index (χ0) is 16.8. The average molecular weight is 299 g/mol. The maximum absolute atomic E-state index is 12.0. The molecule has 1 radical (unpaired) electrons. The highest BCUT2D eigenvalue weighted by atomic mass is 16.6. The van der Waals surface area contributed by atoms with Crippen LogP contribution in [-0.2, 0) is 9.47 Å². The van der Waals surface area contributed by atoms with Gasteiger partial charge in [-0.15, -0.1) is 0 Å². The maximum Gasteiger partial charge on any atom is 0.451 e. The Morgan fingerprint density at radius 3 is 1.86 bits per heavy atom. The number of nitrogens with zero attached hydrogens (tertiary/aromatic N) is 2. The first-order valence-electron chi connectivity index (χ1n) is 6.89. The van der Waals surface area contributed by atoms with E-state index in [1.54, 1.807) is 47.6 Å². The van der Waals surface area contributed by atoms with Crippen LogP contribution in [0, 0.1) is 0 Å². The first kappa shape index (κ1) is 19.3. The van der Waals surface area contributed by atoms with E-state index in [1.807, 2.05) is 13.8 Å². The monoisotopic (exact) mass is 299 g/mol. The predicted molar refractivity (Wildman–Crippen MR) is 80.7 cm³/mol. The van der Waals surface area contributed by atoms with E-state index in [9.17, 15) is 9.59 Å². The van der Waals surface area contributed by atoms with Crippen LogP contribution in [0.2, 0.25) is 0 Å². The van der Waals surface area contributed by atoms with Crippen LogP contribution in [0.3, 0.4) is 0 Å². The molecule has 0 N–H and O–H groups in total. The van der Waals surface area contributed by atoms with E-state index in [0.29, 0.717) is 0 Å². The van der Waals surface area contributed by atoms with E-state index >= 15 is 0 Å². The molecule has 121 valence electrons. The molecule has 0 aromatic rings. The molecule has 0 aliphatic rings. The fourth-order valence-corrected chi connectivity index (χ4v) is 1.12. The molecule has 0 aliphatic carbocycles. The standard InChI is InChI=1S/C15H27N2O4/c1-11(2)9-10-17(13(19)21-15(6,7)8)16-12(18)20-14(3,4)5/h9H,10H2,1-8H3. The van der Waals surface area contributed by atoms with E-state index in [-0.39, 0.29) is 6.54 Å². The highest BCUT2D eigenvalue weighted by Crippen LogP contribution is 2.11. The van der Waals surface area contributed by atoms with Gasteiger partial charge < -0.3 is 9.47 Å². The average Bonchev–Trinajstić information content (AvgIpc) is 2.18. The van der Waals surface area contributed by atoms with Crippen molar-refractivity contribution in [3.8, 4) is 0 Å². The second-order valence-electron chi connectivity index (χ2n) is 6.92. The smallest absolute Gasteiger partial charge is 0.442 e. The van der Waals surface area contributed by atoms with E-state index in [1.165, 1.54) is 0 Å². The summed E-state index contributed by atoms with van der Waals surface area (Å²) >= 11 is 0. The summed E-state index contributed by atoms with van der Waals surface area (Å²) in [5.41, 5.74) is 3.34. The molecule has 0 saturated carbocycles. The van der Waals surface area contributed by atoms with Gasteiger partial charge in [0.2, 0.25) is 0 Å². The van der Waals surface area contributed by atoms with E-state index < -0.39 is 23.4 Å². The summed E-state index contributed by atoms with van der Waals surface area (Å²) in [7, 11) is 0. The van der Waals surface area contributed by atoms with Crippen LogP contribution in [0.4, 0.5) is 9.59 Å². The summed E-state index contributed by atoms with van der Waals surface area (Å²) < 4.78 is 10.3. The van der Waals surface area contributed by atoms with Crippen LogP contribution >= 0.6 is 0 Å². The molecular weight excluding hydrogens is 272 g/mol. The van der Waals surface area contributed by atoms with Gasteiger partial charge in [0.15, 0.2) is 0 Å². The number of carbonyl (C=O) groups excluding carboxylic acids is 2. The SMILES string of the molecule is CC(C)=CCN([N]C(=O)OC(C)(C)C)C(=O)OC(C)(C)C. The molecule has 0 aromatic heterocycles. The first-order chi connectivity index (χ1) is 9.30. The van der Waals surface area contributed by atoms with Crippen LogP contribution in [0.25, 0.3) is 0 Å². The quantitative estimate of drug-likeness (QED) is 0.576. The molecule has 0 aliphatic heterocycles. The molecule has 21 heavy (non-hydrogen) atoms. The number of amides is 2. The maximum atomic E-state index is 12.0. The Morgan fingerprint density at radius 1 is 1.00 bits per heavy atom. The van der Waals surface area contributed by atoms with Crippen LogP contribution in [0.1, 0.15) is 55.4 Å². The van der Waals surface area contributed by atoms with Crippen LogP contribution in [-0.4, -0.2) is 34.9 Å². The number of ether oxygens (including phenoxy) is 2. The molecular formula is C15H27N2O4. The summed E-state index contributed by atoms with van der Waals surface area (Å²) in [6.45, 7) is 14.4. The van der Waals surface area contributed by atoms with Crippen molar-refractivity contribution in [1.82, 2.24) is 10.4 Å². The molecule has 0 rings (SSSR count).